The molecule has 75 heavy (non-hydrogen) atoms. The molecule has 0 fully saturated rings. The van der Waals surface area contributed by atoms with Crippen LogP contribution in [0.4, 0.5) is 0 Å². The summed E-state index contributed by atoms with van der Waals surface area (Å²) < 4.78 is 16.8. The van der Waals surface area contributed by atoms with Crippen molar-refractivity contribution >= 4 is 17.9 Å². The fraction of sp³-hybridized carbons (Fsp3) is 0.725. The van der Waals surface area contributed by atoms with Crippen LogP contribution in [-0.4, -0.2) is 37.2 Å². The summed E-state index contributed by atoms with van der Waals surface area (Å²) in [7, 11) is 0. The molecule has 0 aromatic carbocycles. The standard InChI is InChI=1S/C69H118O6/c1-4-7-10-13-16-19-22-23-24-25-26-27-28-29-30-31-32-33-34-35-36-37-38-39-40-41-42-43-44-45-48-50-53-56-59-62-68(71)74-65-66(75-69(72)63-60-57-54-51-47-21-18-15-12-9-6-3)64-73-67(70)61-58-55-52-49-46-20-17-14-11-8-5-2/h7,10,15-16,18-19,23-24,26-27,29-30,32-33,35-36,66H,4-6,8-9,11-14,17,20-22,25,28,31,34,37-65H2,1-3H3/b10-7-,18-15-,19-16-,24-23-,27-26-,30-29-,33-32-,36-35-. The minimum Gasteiger partial charge on any atom is -0.462 e. The molecule has 0 aromatic heterocycles. The molecule has 0 saturated carbocycles. The topological polar surface area (TPSA) is 78.9 Å². The fourth-order valence-electron chi connectivity index (χ4n) is 8.82. The Morgan fingerprint density at radius 3 is 0.867 bits per heavy atom. The van der Waals surface area contributed by atoms with E-state index in [9.17, 15) is 14.4 Å². The number of carbonyl (C=O) groups is 3. The van der Waals surface area contributed by atoms with Gasteiger partial charge in [0.1, 0.15) is 13.2 Å². The van der Waals surface area contributed by atoms with Crippen molar-refractivity contribution in [2.75, 3.05) is 13.2 Å². The van der Waals surface area contributed by atoms with E-state index in [1.165, 1.54) is 148 Å². The molecule has 1 unspecified atom stereocenters. The second-order valence-corrected chi connectivity index (χ2v) is 20.9. The number of rotatable bonds is 57. The van der Waals surface area contributed by atoms with E-state index in [2.05, 4.69) is 118 Å². The lowest BCUT2D eigenvalue weighted by Gasteiger charge is -2.18. The molecule has 430 valence electrons. The first-order chi connectivity index (χ1) is 37.0. The van der Waals surface area contributed by atoms with Crippen LogP contribution in [-0.2, 0) is 28.6 Å². The molecule has 0 heterocycles. The average molecular weight is 1040 g/mol. The Bertz CT molecular complexity index is 1480. The van der Waals surface area contributed by atoms with Crippen LogP contribution in [0.2, 0.25) is 0 Å². The van der Waals surface area contributed by atoms with Crippen molar-refractivity contribution in [2.45, 2.75) is 309 Å². The van der Waals surface area contributed by atoms with Gasteiger partial charge in [0.15, 0.2) is 6.10 Å². The third kappa shape index (κ3) is 61.1. The number of carbonyl (C=O) groups excluding carboxylic acids is 3. The Hall–Kier alpha value is -3.67. The fourth-order valence-corrected chi connectivity index (χ4v) is 8.82. The van der Waals surface area contributed by atoms with E-state index in [-0.39, 0.29) is 31.1 Å². The van der Waals surface area contributed by atoms with Crippen LogP contribution < -0.4 is 0 Å². The van der Waals surface area contributed by atoms with E-state index < -0.39 is 6.10 Å². The highest BCUT2D eigenvalue weighted by Crippen LogP contribution is 2.16. The third-order valence-electron chi connectivity index (χ3n) is 13.6. The molecule has 0 rings (SSSR count). The van der Waals surface area contributed by atoms with Gasteiger partial charge in [0.25, 0.3) is 0 Å². The van der Waals surface area contributed by atoms with Crippen molar-refractivity contribution in [1.29, 1.82) is 0 Å². The van der Waals surface area contributed by atoms with Gasteiger partial charge in [0.05, 0.1) is 0 Å². The number of unbranched alkanes of at least 4 members (excludes halogenated alkanes) is 30. The molecule has 0 saturated heterocycles. The first-order valence-electron chi connectivity index (χ1n) is 31.7. The molecule has 6 nitrogen and oxygen atoms in total. The van der Waals surface area contributed by atoms with E-state index in [1.54, 1.807) is 0 Å². The Balaban J connectivity index is 4.07. The van der Waals surface area contributed by atoms with Gasteiger partial charge in [-0.3, -0.25) is 14.4 Å². The molecule has 0 aliphatic rings. The molecule has 0 radical (unpaired) electrons. The molecule has 0 aliphatic heterocycles. The zero-order valence-electron chi connectivity index (χ0n) is 49.3. The summed E-state index contributed by atoms with van der Waals surface area (Å²) in [4.78, 5) is 38.1. The van der Waals surface area contributed by atoms with E-state index >= 15 is 0 Å². The van der Waals surface area contributed by atoms with Gasteiger partial charge in [-0.15, -0.1) is 0 Å². The summed E-state index contributed by atoms with van der Waals surface area (Å²) in [5.74, 6) is -0.881. The molecule has 0 N–H and O–H groups in total. The summed E-state index contributed by atoms with van der Waals surface area (Å²) in [5.41, 5.74) is 0. The second-order valence-electron chi connectivity index (χ2n) is 20.9. The van der Waals surface area contributed by atoms with E-state index in [1.807, 2.05) is 0 Å². The lowest BCUT2D eigenvalue weighted by atomic mass is 10.0. The first-order valence-corrected chi connectivity index (χ1v) is 31.7. The number of hydrogen-bond acceptors (Lipinski definition) is 6. The Kier molecular flexibility index (Phi) is 59.8. The third-order valence-corrected chi connectivity index (χ3v) is 13.6. The summed E-state index contributed by atoms with van der Waals surface area (Å²) in [6, 6.07) is 0. The molecule has 0 bridgehead atoms. The quantitative estimate of drug-likeness (QED) is 0.0261. The predicted molar refractivity (Wildman–Crippen MR) is 325 cm³/mol. The Labute approximate surface area is 464 Å². The number of ether oxygens (including phenoxy) is 3. The molecule has 0 spiro atoms. The van der Waals surface area contributed by atoms with Gasteiger partial charge in [-0.1, -0.05) is 285 Å². The van der Waals surface area contributed by atoms with Crippen molar-refractivity contribution in [2.24, 2.45) is 0 Å². The van der Waals surface area contributed by atoms with Crippen molar-refractivity contribution in [1.82, 2.24) is 0 Å². The number of allylic oxidation sites excluding steroid dienone is 16. The highest BCUT2D eigenvalue weighted by Gasteiger charge is 2.19. The summed E-state index contributed by atoms with van der Waals surface area (Å²) in [6.07, 6.45) is 84.3. The van der Waals surface area contributed by atoms with Gasteiger partial charge in [0.2, 0.25) is 0 Å². The smallest absolute Gasteiger partial charge is 0.306 e. The number of hydrogen-bond donors (Lipinski definition) is 0. The second kappa shape index (κ2) is 62.9. The molecule has 1 atom stereocenters. The predicted octanol–water partition coefficient (Wildman–Crippen LogP) is 21.7. The zero-order chi connectivity index (χ0) is 54.3. The highest BCUT2D eigenvalue weighted by molar-refractivity contribution is 5.71. The van der Waals surface area contributed by atoms with Crippen LogP contribution in [0.1, 0.15) is 303 Å². The van der Waals surface area contributed by atoms with E-state index in [4.69, 9.17) is 14.2 Å². The highest BCUT2D eigenvalue weighted by atomic mass is 16.6. The van der Waals surface area contributed by atoms with Crippen molar-refractivity contribution in [3.63, 3.8) is 0 Å². The van der Waals surface area contributed by atoms with Gasteiger partial charge < -0.3 is 14.2 Å². The molecule has 0 aromatic rings. The van der Waals surface area contributed by atoms with Crippen LogP contribution in [0.3, 0.4) is 0 Å². The normalized spacial score (nSPS) is 12.7. The van der Waals surface area contributed by atoms with Crippen LogP contribution in [0.5, 0.6) is 0 Å². The van der Waals surface area contributed by atoms with Gasteiger partial charge in [0, 0.05) is 19.3 Å². The monoisotopic (exact) mass is 1040 g/mol. The van der Waals surface area contributed by atoms with Crippen LogP contribution in [0.15, 0.2) is 97.2 Å². The van der Waals surface area contributed by atoms with Crippen molar-refractivity contribution in [3.8, 4) is 0 Å². The van der Waals surface area contributed by atoms with E-state index in [0.29, 0.717) is 19.3 Å². The minimum atomic E-state index is -0.778. The zero-order valence-corrected chi connectivity index (χ0v) is 49.3. The van der Waals surface area contributed by atoms with Crippen LogP contribution >= 0.6 is 0 Å². The van der Waals surface area contributed by atoms with Crippen molar-refractivity contribution < 1.29 is 28.6 Å². The Morgan fingerprint density at radius 2 is 0.533 bits per heavy atom. The molecular formula is C69H118O6. The van der Waals surface area contributed by atoms with Gasteiger partial charge >= 0.3 is 17.9 Å². The maximum Gasteiger partial charge on any atom is 0.306 e. The SMILES string of the molecule is CC/C=C\C/C=C\C/C=C\C/C=C\C/C=C\C/C=C\C/C=C\CCCCCCCCCCCCCCCC(=O)OCC(COC(=O)CCCCCCCCCCCCC)OC(=O)CCCCCCC/C=C\CCCC. The molecule has 0 aliphatic carbocycles. The van der Waals surface area contributed by atoms with Crippen LogP contribution in [0, 0.1) is 0 Å². The lowest BCUT2D eigenvalue weighted by Crippen LogP contribution is -2.30. The van der Waals surface area contributed by atoms with Gasteiger partial charge in [-0.05, 0) is 96.3 Å². The lowest BCUT2D eigenvalue weighted by molar-refractivity contribution is -0.167. The van der Waals surface area contributed by atoms with Gasteiger partial charge in [-0.25, -0.2) is 0 Å². The summed E-state index contributed by atoms with van der Waals surface area (Å²) >= 11 is 0. The molecule has 0 amide bonds. The minimum absolute atomic E-state index is 0.0766. The number of esters is 3. The summed E-state index contributed by atoms with van der Waals surface area (Å²) in [5, 5.41) is 0. The molecular weight excluding hydrogens is 925 g/mol. The molecule has 6 heteroatoms. The van der Waals surface area contributed by atoms with Gasteiger partial charge in [-0.2, -0.15) is 0 Å². The maximum atomic E-state index is 12.8. The van der Waals surface area contributed by atoms with Crippen LogP contribution in [0.25, 0.3) is 0 Å². The Morgan fingerprint density at radius 1 is 0.280 bits per heavy atom. The summed E-state index contributed by atoms with van der Waals surface area (Å²) in [6.45, 7) is 6.49. The van der Waals surface area contributed by atoms with Crippen molar-refractivity contribution in [3.05, 3.63) is 97.2 Å². The maximum absolute atomic E-state index is 12.8. The average Bonchev–Trinajstić information content (AvgIpc) is 3.41. The van der Waals surface area contributed by atoms with E-state index in [0.717, 1.165) is 116 Å². The largest absolute Gasteiger partial charge is 0.462 e. The first kappa shape index (κ1) is 71.3.